The summed E-state index contributed by atoms with van der Waals surface area (Å²) in [6, 6.07) is 6.15. The van der Waals surface area contributed by atoms with E-state index in [1.165, 1.54) is 13.0 Å². The van der Waals surface area contributed by atoms with Gasteiger partial charge in [0.1, 0.15) is 11.9 Å². The van der Waals surface area contributed by atoms with Crippen molar-refractivity contribution in [1.82, 2.24) is 15.5 Å². The van der Waals surface area contributed by atoms with Crippen LogP contribution in [0.4, 0.5) is 16.1 Å². The summed E-state index contributed by atoms with van der Waals surface area (Å²) in [6.45, 7) is 1.47. The monoisotopic (exact) mass is 444 g/mol. The molecule has 1 aromatic carbocycles. The van der Waals surface area contributed by atoms with Gasteiger partial charge in [-0.1, -0.05) is 17.2 Å². The quantitative estimate of drug-likeness (QED) is 0.638. The van der Waals surface area contributed by atoms with Gasteiger partial charge in [-0.25, -0.2) is 4.39 Å². The number of hydrogen-bond donors (Lipinski definition) is 2. The Bertz CT molecular complexity index is 934. The van der Waals surface area contributed by atoms with Gasteiger partial charge < -0.3 is 19.8 Å². The molecule has 2 aliphatic carbocycles. The third-order valence-electron chi connectivity index (χ3n) is 6.56. The highest BCUT2D eigenvalue weighted by Crippen LogP contribution is 2.39. The standard InChI is InChI=1S/C23H29FN4O4/c1-14(29)31-18-12-8-16(9-13-18)15-6-10-17(11-7-15)25-21(30)22-27-28-23(32-22)26-20-5-3-2-4-19(20)24/h2-5,15-18H,6-13H2,1H3,(H,25,30)(H,26,28). The zero-order valence-corrected chi connectivity index (χ0v) is 18.2. The van der Waals surface area contributed by atoms with Gasteiger partial charge in [0.2, 0.25) is 0 Å². The zero-order chi connectivity index (χ0) is 22.5. The topological polar surface area (TPSA) is 106 Å². The van der Waals surface area contributed by atoms with Crippen molar-refractivity contribution in [2.24, 2.45) is 11.8 Å². The smallest absolute Gasteiger partial charge is 0.320 e. The van der Waals surface area contributed by atoms with Crippen LogP contribution < -0.4 is 10.6 Å². The van der Waals surface area contributed by atoms with Gasteiger partial charge >= 0.3 is 23.8 Å². The number of aromatic nitrogens is 2. The molecular weight excluding hydrogens is 415 g/mol. The highest BCUT2D eigenvalue weighted by atomic mass is 19.1. The zero-order valence-electron chi connectivity index (χ0n) is 18.2. The molecule has 0 radical (unpaired) electrons. The number of nitrogens with one attached hydrogen (secondary N) is 2. The first-order valence-electron chi connectivity index (χ1n) is 11.3. The summed E-state index contributed by atoms with van der Waals surface area (Å²) < 4.78 is 24.4. The van der Waals surface area contributed by atoms with Crippen LogP contribution in [0.3, 0.4) is 0 Å². The molecule has 0 saturated heterocycles. The van der Waals surface area contributed by atoms with Gasteiger partial charge in [-0.15, -0.1) is 5.10 Å². The molecule has 2 N–H and O–H groups in total. The molecule has 0 atom stereocenters. The average Bonchev–Trinajstić information content (AvgIpc) is 3.25. The molecule has 0 bridgehead atoms. The molecule has 8 nitrogen and oxygen atoms in total. The van der Waals surface area contributed by atoms with Crippen molar-refractivity contribution >= 4 is 23.6 Å². The maximum absolute atomic E-state index is 13.7. The summed E-state index contributed by atoms with van der Waals surface area (Å²) in [5, 5.41) is 13.2. The molecule has 1 heterocycles. The first-order chi connectivity index (χ1) is 15.5. The van der Waals surface area contributed by atoms with Crippen molar-refractivity contribution in [2.75, 3.05) is 5.32 Å². The summed E-state index contributed by atoms with van der Waals surface area (Å²) >= 11 is 0. The van der Waals surface area contributed by atoms with Crippen molar-refractivity contribution in [3.8, 4) is 0 Å². The molecule has 2 aliphatic rings. The van der Waals surface area contributed by atoms with Crippen LogP contribution in [0.5, 0.6) is 0 Å². The maximum atomic E-state index is 13.7. The molecule has 2 fully saturated rings. The lowest BCUT2D eigenvalue weighted by molar-refractivity contribution is -0.148. The van der Waals surface area contributed by atoms with Crippen molar-refractivity contribution in [1.29, 1.82) is 0 Å². The molecule has 1 amide bonds. The summed E-state index contributed by atoms with van der Waals surface area (Å²) in [5.41, 5.74) is 0.198. The fourth-order valence-corrected chi connectivity index (χ4v) is 4.94. The normalized spacial score (nSPS) is 25.7. The number of anilines is 2. The van der Waals surface area contributed by atoms with Crippen LogP contribution in [0.2, 0.25) is 0 Å². The third-order valence-corrected chi connectivity index (χ3v) is 6.56. The molecule has 2 aromatic rings. The van der Waals surface area contributed by atoms with E-state index in [9.17, 15) is 14.0 Å². The fourth-order valence-electron chi connectivity index (χ4n) is 4.94. The molecule has 9 heteroatoms. The van der Waals surface area contributed by atoms with Gasteiger partial charge in [-0.2, -0.15) is 0 Å². The van der Waals surface area contributed by atoms with Crippen LogP contribution in [0.25, 0.3) is 0 Å². The van der Waals surface area contributed by atoms with E-state index in [2.05, 4.69) is 20.8 Å². The second-order valence-electron chi connectivity index (χ2n) is 8.75. The Balaban J connectivity index is 1.22. The van der Waals surface area contributed by atoms with E-state index in [-0.39, 0.29) is 35.7 Å². The number of carbonyl (C=O) groups is 2. The number of halogens is 1. The first-order valence-corrected chi connectivity index (χ1v) is 11.3. The second-order valence-corrected chi connectivity index (χ2v) is 8.75. The summed E-state index contributed by atoms with van der Waals surface area (Å²) in [7, 11) is 0. The number of amides is 1. The molecule has 1 aromatic heterocycles. The van der Waals surface area contributed by atoms with Gasteiger partial charge in [0, 0.05) is 13.0 Å². The molecule has 32 heavy (non-hydrogen) atoms. The largest absolute Gasteiger partial charge is 0.463 e. The number of carbonyl (C=O) groups excluding carboxylic acids is 2. The van der Waals surface area contributed by atoms with E-state index in [0.717, 1.165) is 51.4 Å². The van der Waals surface area contributed by atoms with Gasteiger partial charge in [0.05, 0.1) is 5.69 Å². The molecular formula is C23H29FN4O4. The van der Waals surface area contributed by atoms with E-state index < -0.39 is 11.7 Å². The SMILES string of the molecule is CC(=O)OC1CCC(C2CCC(NC(=O)c3nnc(Nc4ccccc4F)o3)CC2)CC1. The minimum absolute atomic E-state index is 0.0340. The van der Waals surface area contributed by atoms with Gasteiger partial charge in [-0.3, -0.25) is 9.59 Å². The van der Waals surface area contributed by atoms with Crippen LogP contribution in [0.1, 0.15) is 69.0 Å². The van der Waals surface area contributed by atoms with Crippen LogP contribution in [0.15, 0.2) is 28.7 Å². The fraction of sp³-hybridized carbons (Fsp3) is 0.565. The van der Waals surface area contributed by atoms with Gasteiger partial charge in [0.25, 0.3) is 0 Å². The van der Waals surface area contributed by atoms with Gasteiger partial charge in [0.15, 0.2) is 0 Å². The Morgan fingerprint density at radius 1 is 1.00 bits per heavy atom. The summed E-state index contributed by atoms with van der Waals surface area (Å²) in [5.74, 6) is 0.122. The van der Waals surface area contributed by atoms with E-state index in [4.69, 9.17) is 9.15 Å². The number of hydrogen-bond acceptors (Lipinski definition) is 7. The number of esters is 1. The lowest BCUT2D eigenvalue weighted by Crippen LogP contribution is -2.39. The number of benzene rings is 1. The van der Waals surface area contributed by atoms with Gasteiger partial charge in [-0.05, 0) is 75.3 Å². The Morgan fingerprint density at radius 3 is 2.31 bits per heavy atom. The molecule has 0 spiro atoms. The number of nitrogens with zero attached hydrogens (tertiary/aromatic N) is 2. The molecule has 4 rings (SSSR count). The Hall–Kier alpha value is -2.97. The van der Waals surface area contributed by atoms with Crippen LogP contribution in [-0.4, -0.2) is 34.2 Å². The number of rotatable bonds is 6. The van der Waals surface area contributed by atoms with E-state index in [1.54, 1.807) is 18.2 Å². The predicted octanol–water partition coefficient (Wildman–Crippen LogP) is 4.36. The first kappa shape index (κ1) is 22.2. The third kappa shape index (κ3) is 5.63. The van der Waals surface area contributed by atoms with Crippen molar-refractivity contribution in [3.05, 3.63) is 36.0 Å². The lowest BCUT2D eigenvalue weighted by atomic mass is 9.72. The maximum Gasteiger partial charge on any atom is 0.320 e. The summed E-state index contributed by atoms with van der Waals surface area (Å²) in [6.07, 6.45) is 8.12. The molecule has 0 aliphatic heterocycles. The molecule has 2 saturated carbocycles. The van der Waals surface area contributed by atoms with Crippen LogP contribution in [-0.2, 0) is 9.53 Å². The van der Waals surface area contributed by atoms with E-state index in [1.807, 2.05) is 0 Å². The van der Waals surface area contributed by atoms with Crippen molar-refractivity contribution < 1.29 is 23.1 Å². The van der Waals surface area contributed by atoms with Crippen molar-refractivity contribution in [2.45, 2.75) is 70.4 Å². The van der Waals surface area contributed by atoms with E-state index >= 15 is 0 Å². The predicted molar refractivity (Wildman–Crippen MR) is 115 cm³/mol. The molecule has 0 unspecified atom stereocenters. The van der Waals surface area contributed by atoms with Crippen molar-refractivity contribution in [3.63, 3.8) is 0 Å². The highest BCUT2D eigenvalue weighted by molar-refractivity contribution is 5.89. The Morgan fingerprint density at radius 2 is 1.66 bits per heavy atom. The van der Waals surface area contributed by atoms with Crippen LogP contribution in [0, 0.1) is 17.7 Å². The highest BCUT2D eigenvalue weighted by Gasteiger charge is 2.32. The number of ether oxygens (including phenoxy) is 1. The minimum Gasteiger partial charge on any atom is -0.463 e. The van der Waals surface area contributed by atoms with E-state index in [0.29, 0.717) is 11.8 Å². The Kier molecular flexibility index (Phi) is 7.02. The number of para-hydroxylation sites is 1. The average molecular weight is 445 g/mol. The minimum atomic E-state index is -0.451. The second kappa shape index (κ2) is 10.1. The lowest BCUT2D eigenvalue weighted by Gasteiger charge is -2.37. The molecule has 172 valence electrons. The van der Waals surface area contributed by atoms with Crippen LogP contribution >= 0.6 is 0 Å². The Labute approximate surface area is 186 Å². The summed E-state index contributed by atoms with van der Waals surface area (Å²) in [4.78, 5) is 23.6.